The number of aromatic nitrogens is 6. The number of amides is 1. The number of rotatable bonds is 7. The maximum atomic E-state index is 14.7. The Balaban J connectivity index is 1.50. The highest BCUT2D eigenvalue weighted by atomic mass is 32.1. The van der Waals surface area contributed by atoms with E-state index in [0.29, 0.717) is 23.0 Å². The molecule has 2 N–H and O–H groups in total. The lowest BCUT2D eigenvalue weighted by Gasteiger charge is -2.28. The van der Waals surface area contributed by atoms with Crippen molar-refractivity contribution >= 4 is 17.2 Å². The van der Waals surface area contributed by atoms with Gasteiger partial charge in [0.05, 0.1) is 24.5 Å². The van der Waals surface area contributed by atoms with E-state index in [0.717, 1.165) is 31.2 Å². The second-order valence-electron chi connectivity index (χ2n) is 8.14. The predicted octanol–water partition coefficient (Wildman–Crippen LogP) is 4.01. The molecule has 9 nitrogen and oxygen atoms in total. The number of nitrogens with two attached hydrogens (primary N) is 1. The summed E-state index contributed by atoms with van der Waals surface area (Å²) in [4.78, 5) is 19.9. The standard InChI is InChI=1S/C23H24FN7O2S/c1-2-33-16-7-5-15(6-8-16)30-12-19(21(29-30)20-17(24)4-3-9-26-20)31-11-14(10-27-31)23-28-18(13-34-23)22(25)32/h3-4,9-13,15-16H,2,5-8H2,1H3,(H2,25,32). The summed E-state index contributed by atoms with van der Waals surface area (Å²) >= 11 is 1.30. The number of carbonyl (C=O) groups is 1. The molecule has 1 aliphatic carbocycles. The average molecular weight is 482 g/mol. The summed E-state index contributed by atoms with van der Waals surface area (Å²) in [5, 5.41) is 11.5. The van der Waals surface area contributed by atoms with Crippen molar-refractivity contribution < 1.29 is 13.9 Å². The van der Waals surface area contributed by atoms with Gasteiger partial charge in [-0.3, -0.25) is 14.5 Å². The van der Waals surface area contributed by atoms with Crippen molar-refractivity contribution in [3.8, 4) is 27.6 Å². The number of ether oxygens (including phenoxy) is 1. The highest BCUT2D eigenvalue weighted by molar-refractivity contribution is 7.13. The molecule has 0 spiro atoms. The summed E-state index contributed by atoms with van der Waals surface area (Å²) in [6.07, 6.45) is 10.9. The molecule has 0 radical (unpaired) electrons. The molecule has 0 saturated heterocycles. The number of halogens is 1. The molecule has 4 aromatic rings. The van der Waals surface area contributed by atoms with Crippen molar-refractivity contribution in [2.45, 2.75) is 44.8 Å². The number of primary amides is 1. The first-order valence-corrected chi connectivity index (χ1v) is 12.0. The van der Waals surface area contributed by atoms with Gasteiger partial charge in [0.2, 0.25) is 0 Å². The number of hydrogen-bond donors (Lipinski definition) is 1. The Morgan fingerprint density at radius 2 is 2.09 bits per heavy atom. The van der Waals surface area contributed by atoms with Gasteiger partial charge in [-0.25, -0.2) is 14.1 Å². The van der Waals surface area contributed by atoms with Gasteiger partial charge in [-0.1, -0.05) is 0 Å². The quantitative estimate of drug-likeness (QED) is 0.427. The summed E-state index contributed by atoms with van der Waals surface area (Å²) in [6.45, 7) is 2.73. The van der Waals surface area contributed by atoms with Gasteiger partial charge < -0.3 is 10.5 Å². The van der Waals surface area contributed by atoms with Gasteiger partial charge in [0.25, 0.3) is 5.91 Å². The van der Waals surface area contributed by atoms with Crippen molar-refractivity contribution in [1.82, 2.24) is 29.5 Å². The molecule has 0 bridgehead atoms. The minimum absolute atomic E-state index is 0.168. The van der Waals surface area contributed by atoms with Gasteiger partial charge in [-0.2, -0.15) is 10.2 Å². The fourth-order valence-electron chi connectivity index (χ4n) is 4.26. The molecule has 11 heteroatoms. The van der Waals surface area contributed by atoms with E-state index in [4.69, 9.17) is 15.6 Å². The summed E-state index contributed by atoms with van der Waals surface area (Å²) in [5.41, 5.74) is 7.44. The molecule has 0 unspecified atom stereocenters. The lowest BCUT2D eigenvalue weighted by Crippen LogP contribution is -2.24. The predicted molar refractivity (Wildman–Crippen MR) is 125 cm³/mol. The first-order chi connectivity index (χ1) is 16.5. The van der Waals surface area contributed by atoms with Crippen LogP contribution in [0.3, 0.4) is 0 Å². The third kappa shape index (κ3) is 4.36. The average Bonchev–Trinajstić information content (AvgIpc) is 3.59. The van der Waals surface area contributed by atoms with Crippen molar-refractivity contribution in [1.29, 1.82) is 0 Å². The van der Waals surface area contributed by atoms with Crippen LogP contribution in [0.25, 0.3) is 27.6 Å². The molecule has 1 saturated carbocycles. The molecule has 176 valence electrons. The fourth-order valence-corrected chi connectivity index (χ4v) is 5.05. The molecule has 4 heterocycles. The normalized spacial score (nSPS) is 18.3. The summed E-state index contributed by atoms with van der Waals surface area (Å²) < 4.78 is 24.0. The number of hydrogen-bond acceptors (Lipinski definition) is 7. The summed E-state index contributed by atoms with van der Waals surface area (Å²) in [5.74, 6) is -1.03. The maximum absolute atomic E-state index is 14.7. The molecule has 34 heavy (non-hydrogen) atoms. The third-order valence-electron chi connectivity index (χ3n) is 5.95. The zero-order valence-electron chi connectivity index (χ0n) is 18.6. The van der Waals surface area contributed by atoms with Crippen LogP contribution >= 0.6 is 11.3 Å². The molecule has 1 amide bonds. The Bertz CT molecular complexity index is 1310. The zero-order valence-corrected chi connectivity index (χ0v) is 19.4. The fraction of sp³-hybridized carbons (Fsp3) is 0.348. The van der Waals surface area contributed by atoms with Crippen molar-refractivity contribution in [2.75, 3.05) is 6.61 Å². The van der Waals surface area contributed by atoms with Gasteiger partial charge in [0, 0.05) is 29.9 Å². The van der Waals surface area contributed by atoms with Crippen molar-refractivity contribution in [2.24, 2.45) is 5.73 Å². The van der Waals surface area contributed by atoms with Crippen LogP contribution in [0.4, 0.5) is 4.39 Å². The second-order valence-corrected chi connectivity index (χ2v) is 9.00. The van der Waals surface area contributed by atoms with E-state index < -0.39 is 11.7 Å². The van der Waals surface area contributed by atoms with Gasteiger partial charge in [0.15, 0.2) is 5.82 Å². The zero-order chi connectivity index (χ0) is 23.7. The van der Waals surface area contributed by atoms with Crippen LogP contribution < -0.4 is 5.73 Å². The molecule has 5 rings (SSSR count). The topological polar surface area (TPSA) is 114 Å². The molecular formula is C23H24FN7O2S. The van der Waals surface area contributed by atoms with Crippen LogP contribution in [0.2, 0.25) is 0 Å². The molecule has 1 fully saturated rings. The van der Waals surface area contributed by atoms with E-state index in [1.807, 2.05) is 17.8 Å². The molecular weight excluding hydrogens is 457 g/mol. The Morgan fingerprint density at radius 1 is 1.26 bits per heavy atom. The maximum Gasteiger partial charge on any atom is 0.268 e. The Labute approximate surface area is 199 Å². The minimum atomic E-state index is -0.580. The van der Waals surface area contributed by atoms with E-state index in [2.05, 4.69) is 15.1 Å². The van der Waals surface area contributed by atoms with Crippen molar-refractivity contribution in [3.05, 3.63) is 53.8 Å². The van der Waals surface area contributed by atoms with E-state index >= 15 is 0 Å². The van der Waals surface area contributed by atoms with Crippen molar-refractivity contribution in [3.63, 3.8) is 0 Å². The lowest BCUT2D eigenvalue weighted by molar-refractivity contribution is 0.0260. The third-order valence-corrected chi connectivity index (χ3v) is 6.84. The molecule has 1 aliphatic rings. The lowest BCUT2D eigenvalue weighted by atomic mass is 9.93. The molecule has 0 atom stereocenters. The molecule has 4 aromatic heterocycles. The second kappa shape index (κ2) is 9.43. The molecule has 0 aromatic carbocycles. The van der Waals surface area contributed by atoms with Gasteiger partial charge in [0.1, 0.15) is 27.8 Å². The molecule has 0 aliphatic heterocycles. The smallest absolute Gasteiger partial charge is 0.268 e. The van der Waals surface area contributed by atoms with Crippen LogP contribution in [0.5, 0.6) is 0 Å². The highest BCUT2D eigenvalue weighted by Gasteiger charge is 2.26. The number of carbonyl (C=O) groups excluding carboxylic acids is 1. The summed E-state index contributed by atoms with van der Waals surface area (Å²) in [7, 11) is 0. The SMILES string of the molecule is CCOC1CCC(n2cc(-n3cc(-c4nc(C(N)=O)cs4)cn3)c(-c3ncccc3F)n2)CC1. The minimum Gasteiger partial charge on any atom is -0.379 e. The first-order valence-electron chi connectivity index (χ1n) is 11.2. The van der Waals surface area contributed by atoms with E-state index in [1.165, 1.54) is 17.4 Å². The monoisotopic (exact) mass is 481 g/mol. The van der Waals surface area contributed by atoms with Crippen LogP contribution in [0.1, 0.15) is 49.1 Å². The highest BCUT2D eigenvalue weighted by Crippen LogP contribution is 2.34. The van der Waals surface area contributed by atoms with E-state index in [1.54, 1.807) is 34.7 Å². The van der Waals surface area contributed by atoms with E-state index in [-0.39, 0.29) is 23.5 Å². The number of nitrogens with zero attached hydrogens (tertiary/aromatic N) is 6. The van der Waals surface area contributed by atoms with Crippen LogP contribution in [-0.4, -0.2) is 48.1 Å². The number of pyridine rings is 1. The first kappa shape index (κ1) is 22.4. The van der Waals surface area contributed by atoms with E-state index in [9.17, 15) is 9.18 Å². The van der Waals surface area contributed by atoms with Crippen LogP contribution in [0.15, 0.2) is 42.3 Å². The van der Waals surface area contributed by atoms with Gasteiger partial charge in [-0.15, -0.1) is 11.3 Å². The largest absolute Gasteiger partial charge is 0.379 e. The summed E-state index contributed by atoms with van der Waals surface area (Å²) in [6, 6.07) is 3.10. The number of thiazole rings is 1. The van der Waals surface area contributed by atoms with Gasteiger partial charge in [-0.05, 0) is 44.7 Å². The van der Waals surface area contributed by atoms with Crippen LogP contribution in [-0.2, 0) is 4.74 Å². The Morgan fingerprint density at radius 3 is 2.79 bits per heavy atom. The van der Waals surface area contributed by atoms with Crippen LogP contribution in [0, 0.1) is 5.82 Å². The Kier molecular flexibility index (Phi) is 6.20. The van der Waals surface area contributed by atoms with Gasteiger partial charge >= 0.3 is 0 Å². The Hall–Kier alpha value is -3.44.